The van der Waals surface area contributed by atoms with Crippen molar-refractivity contribution in [3.05, 3.63) is 82.8 Å². The molecule has 1 heterocycles. The van der Waals surface area contributed by atoms with E-state index in [2.05, 4.69) is 11.4 Å². The zero-order chi connectivity index (χ0) is 21.7. The lowest BCUT2D eigenvalue weighted by Crippen LogP contribution is -2.31. The van der Waals surface area contributed by atoms with Crippen molar-refractivity contribution in [1.82, 2.24) is 4.90 Å². The van der Waals surface area contributed by atoms with Gasteiger partial charge >= 0.3 is 0 Å². The molecule has 0 atom stereocenters. The molecular formula is C24H26N2O4. The first-order valence-electron chi connectivity index (χ1n) is 9.75. The fourth-order valence-electron chi connectivity index (χ4n) is 3.12. The van der Waals surface area contributed by atoms with Crippen molar-refractivity contribution in [2.45, 2.75) is 20.8 Å². The van der Waals surface area contributed by atoms with Crippen LogP contribution in [0, 0.1) is 20.8 Å². The Balaban J connectivity index is 1.61. The maximum atomic E-state index is 12.8. The second-order valence-electron chi connectivity index (χ2n) is 7.36. The molecule has 0 bridgehead atoms. The number of carbonyl (C=O) groups excluding carboxylic acids is 2. The van der Waals surface area contributed by atoms with Crippen LogP contribution in [0.25, 0.3) is 0 Å². The number of aryl methyl sites for hydroxylation is 3. The Morgan fingerprint density at radius 3 is 2.43 bits per heavy atom. The van der Waals surface area contributed by atoms with E-state index in [-0.39, 0.29) is 17.6 Å². The molecule has 6 heteroatoms. The third kappa shape index (κ3) is 5.29. The van der Waals surface area contributed by atoms with Crippen LogP contribution < -0.4 is 10.1 Å². The van der Waals surface area contributed by atoms with Crippen molar-refractivity contribution in [1.29, 1.82) is 0 Å². The van der Waals surface area contributed by atoms with Gasteiger partial charge in [0, 0.05) is 18.3 Å². The van der Waals surface area contributed by atoms with Gasteiger partial charge in [-0.1, -0.05) is 12.1 Å². The minimum Gasteiger partial charge on any atom is -0.492 e. The van der Waals surface area contributed by atoms with Crippen LogP contribution in [-0.4, -0.2) is 36.9 Å². The Morgan fingerprint density at radius 1 is 1.03 bits per heavy atom. The summed E-state index contributed by atoms with van der Waals surface area (Å²) in [5, 5.41) is 2.79. The summed E-state index contributed by atoms with van der Waals surface area (Å²) in [5.41, 5.74) is 4.19. The van der Waals surface area contributed by atoms with Crippen LogP contribution in [0.4, 0.5) is 5.69 Å². The number of nitrogens with one attached hydrogen (secondary N) is 1. The van der Waals surface area contributed by atoms with Gasteiger partial charge in [-0.3, -0.25) is 9.59 Å². The normalized spacial score (nSPS) is 10.5. The van der Waals surface area contributed by atoms with Gasteiger partial charge in [-0.25, -0.2) is 0 Å². The number of hydrogen-bond donors (Lipinski definition) is 1. The number of hydrogen-bond acceptors (Lipinski definition) is 4. The average Bonchev–Trinajstić information content (AvgIpc) is 3.23. The van der Waals surface area contributed by atoms with Crippen molar-refractivity contribution in [2.24, 2.45) is 0 Å². The van der Waals surface area contributed by atoms with Gasteiger partial charge in [0.25, 0.3) is 11.8 Å². The molecule has 2 amide bonds. The Hall–Kier alpha value is -3.54. The maximum Gasteiger partial charge on any atom is 0.291 e. The van der Waals surface area contributed by atoms with Crippen LogP contribution in [-0.2, 0) is 0 Å². The van der Waals surface area contributed by atoms with E-state index in [0.29, 0.717) is 24.4 Å². The zero-order valence-corrected chi connectivity index (χ0v) is 17.7. The Kier molecular flexibility index (Phi) is 6.57. The number of furan rings is 1. The minimum absolute atomic E-state index is 0.146. The summed E-state index contributed by atoms with van der Waals surface area (Å²) in [5.74, 6) is 0.508. The molecule has 6 nitrogen and oxygen atoms in total. The molecular weight excluding hydrogens is 380 g/mol. The summed E-state index contributed by atoms with van der Waals surface area (Å²) in [7, 11) is 1.73. The largest absolute Gasteiger partial charge is 0.492 e. The molecule has 0 aliphatic heterocycles. The standard InChI is InChI=1S/C24H26N2O4/c1-16-12-17(2)14-20(13-16)29-11-9-26(4)24(28)19-8-7-18(3)21(15-19)25-23(27)22-6-5-10-30-22/h5-8,10,12-15H,9,11H2,1-4H3,(H,25,27). The van der Waals surface area contributed by atoms with E-state index in [0.717, 1.165) is 22.4 Å². The first kappa shape index (κ1) is 21.2. The summed E-state index contributed by atoms with van der Waals surface area (Å²) in [6.45, 7) is 6.74. The summed E-state index contributed by atoms with van der Waals surface area (Å²) in [6, 6.07) is 14.5. The summed E-state index contributed by atoms with van der Waals surface area (Å²) in [4.78, 5) is 26.7. The first-order chi connectivity index (χ1) is 14.3. The number of amides is 2. The predicted molar refractivity (Wildman–Crippen MR) is 116 cm³/mol. The molecule has 0 saturated heterocycles. The molecule has 0 spiro atoms. The Morgan fingerprint density at radius 2 is 1.77 bits per heavy atom. The third-order valence-corrected chi connectivity index (χ3v) is 4.72. The van der Waals surface area contributed by atoms with Crippen molar-refractivity contribution in [3.63, 3.8) is 0 Å². The SMILES string of the molecule is Cc1cc(C)cc(OCCN(C)C(=O)c2ccc(C)c(NC(=O)c3ccco3)c2)c1. The fourth-order valence-corrected chi connectivity index (χ4v) is 3.12. The van der Waals surface area contributed by atoms with Crippen molar-refractivity contribution >= 4 is 17.5 Å². The van der Waals surface area contributed by atoms with E-state index in [4.69, 9.17) is 9.15 Å². The van der Waals surface area contributed by atoms with Crippen LogP contribution in [0.5, 0.6) is 5.75 Å². The lowest BCUT2D eigenvalue weighted by atomic mass is 10.1. The van der Waals surface area contributed by atoms with Gasteiger partial charge in [0.15, 0.2) is 5.76 Å². The fraction of sp³-hybridized carbons (Fsp3) is 0.250. The lowest BCUT2D eigenvalue weighted by molar-refractivity contribution is 0.0773. The molecule has 0 saturated carbocycles. The van der Waals surface area contributed by atoms with Crippen molar-refractivity contribution in [2.75, 3.05) is 25.5 Å². The van der Waals surface area contributed by atoms with Crippen LogP contribution in [0.1, 0.15) is 37.6 Å². The molecule has 3 aromatic rings. The van der Waals surface area contributed by atoms with E-state index in [1.54, 1.807) is 36.2 Å². The molecule has 30 heavy (non-hydrogen) atoms. The lowest BCUT2D eigenvalue weighted by Gasteiger charge is -2.19. The molecule has 1 N–H and O–H groups in total. The van der Waals surface area contributed by atoms with Crippen LogP contribution in [0.15, 0.2) is 59.2 Å². The second-order valence-corrected chi connectivity index (χ2v) is 7.36. The van der Waals surface area contributed by atoms with Gasteiger partial charge in [0.05, 0.1) is 12.8 Å². The maximum absolute atomic E-state index is 12.8. The third-order valence-electron chi connectivity index (χ3n) is 4.72. The highest BCUT2D eigenvalue weighted by molar-refractivity contribution is 6.03. The van der Waals surface area contributed by atoms with E-state index >= 15 is 0 Å². The zero-order valence-electron chi connectivity index (χ0n) is 17.7. The molecule has 0 fully saturated rings. The Bertz CT molecular complexity index is 1020. The number of nitrogens with zero attached hydrogens (tertiary/aromatic N) is 1. The summed E-state index contributed by atoms with van der Waals surface area (Å²) >= 11 is 0. The van der Waals surface area contributed by atoms with E-state index in [1.807, 2.05) is 39.0 Å². The highest BCUT2D eigenvalue weighted by atomic mass is 16.5. The van der Waals surface area contributed by atoms with Crippen LogP contribution in [0.2, 0.25) is 0 Å². The van der Waals surface area contributed by atoms with Crippen LogP contribution >= 0.6 is 0 Å². The number of benzene rings is 2. The number of likely N-dealkylation sites (N-methyl/N-ethyl adjacent to an activating group) is 1. The molecule has 0 unspecified atom stereocenters. The van der Waals surface area contributed by atoms with Crippen molar-refractivity contribution < 1.29 is 18.7 Å². The second kappa shape index (κ2) is 9.31. The number of rotatable bonds is 7. The Labute approximate surface area is 176 Å². The van der Waals surface area contributed by atoms with Gasteiger partial charge in [0.1, 0.15) is 12.4 Å². The molecule has 2 aromatic carbocycles. The smallest absolute Gasteiger partial charge is 0.291 e. The van der Waals surface area contributed by atoms with Gasteiger partial charge in [-0.2, -0.15) is 0 Å². The topological polar surface area (TPSA) is 71.8 Å². The minimum atomic E-state index is -0.358. The highest BCUT2D eigenvalue weighted by Crippen LogP contribution is 2.20. The van der Waals surface area contributed by atoms with E-state index in [9.17, 15) is 9.59 Å². The quantitative estimate of drug-likeness (QED) is 0.622. The average molecular weight is 406 g/mol. The molecule has 1 aromatic heterocycles. The van der Waals surface area contributed by atoms with Crippen LogP contribution in [0.3, 0.4) is 0 Å². The molecule has 0 radical (unpaired) electrons. The number of ether oxygens (including phenoxy) is 1. The van der Waals surface area contributed by atoms with E-state index < -0.39 is 0 Å². The summed E-state index contributed by atoms with van der Waals surface area (Å²) in [6.07, 6.45) is 1.44. The predicted octanol–water partition coefficient (Wildman–Crippen LogP) is 4.61. The van der Waals surface area contributed by atoms with Gasteiger partial charge in [-0.05, 0) is 73.9 Å². The molecule has 0 aliphatic carbocycles. The monoisotopic (exact) mass is 406 g/mol. The molecule has 156 valence electrons. The summed E-state index contributed by atoms with van der Waals surface area (Å²) < 4.78 is 10.9. The highest BCUT2D eigenvalue weighted by Gasteiger charge is 2.15. The van der Waals surface area contributed by atoms with Crippen molar-refractivity contribution in [3.8, 4) is 5.75 Å². The number of carbonyl (C=O) groups is 2. The molecule has 3 rings (SSSR count). The van der Waals surface area contributed by atoms with Gasteiger partial charge in [-0.15, -0.1) is 0 Å². The number of anilines is 1. The van der Waals surface area contributed by atoms with Gasteiger partial charge in [0.2, 0.25) is 0 Å². The van der Waals surface area contributed by atoms with E-state index in [1.165, 1.54) is 6.26 Å². The van der Waals surface area contributed by atoms with Gasteiger partial charge < -0.3 is 19.4 Å². The molecule has 0 aliphatic rings. The first-order valence-corrected chi connectivity index (χ1v) is 9.75.